The summed E-state index contributed by atoms with van der Waals surface area (Å²) in [6.45, 7) is -2.62. The number of para-hydroxylation sites is 1. The maximum atomic E-state index is 15.7. The fourth-order valence-electron chi connectivity index (χ4n) is 16.3. The number of allylic oxidation sites excluding steroid dienone is 2. The van der Waals surface area contributed by atoms with E-state index in [1.165, 1.54) is 63.7 Å². The summed E-state index contributed by atoms with van der Waals surface area (Å²) in [6.07, 6.45) is 3.08. The smallest absolute Gasteiger partial charge is 0.305 e. The van der Waals surface area contributed by atoms with E-state index in [1.807, 2.05) is 30.4 Å². The highest BCUT2D eigenvalue weighted by Gasteiger charge is 2.47. The monoisotopic (exact) mass is 1840 g/mol. The van der Waals surface area contributed by atoms with E-state index in [0.717, 1.165) is 41.0 Å². The van der Waals surface area contributed by atoms with Crippen LogP contribution in [-0.2, 0) is 106 Å². The molecule has 704 valence electrons. The van der Waals surface area contributed by atoms with E-state index in [2.05, 4.69) is 52.8 Å². The summed E-state index contributed by atoms with van der Waals surface area (Å²) in [7, 11) is 3.87. The number of likely N-dealkylation sites (N-methyl/N-ethyl adjacent to an activating group) is 3. The summed E-state index contributed by atoms with van der Waals surface area (Å²) in [4.78, 5) is 268. The van der Waals surface area contributed by atoms with Crippen LogP contribution < -0.4 is 70.8 Å². The Morgan fingerprint density at radius 2 is 1.12 bits per heavy atom. The zero-order valence-electron chi connectivity index (χ0n) is 72.8. The van der Waals surface area contributed by atoms with Crippen molar-refractivity contribution >= 4 is 150 Å². The number of aromatic nitrogens is 1. The van der Waals surface area contributed by atoms with E-state index in [0.29, 0.717) is 71.5 Å². The molecule has 6 heterocycles. The minimum atomic E-state index is -1.92. The number of amides is 16. The van der Waals surface area contributed by atoms with E-state index < -0.39 is 273 Å². The van der Waals surface area contributed by atoms with Crippen LogP contribution >= 0.6 is 23.1 Å². The lowest BCUT2D eigenvalue weighted by Crippen LogP contribution is -2.61. The molecule has 2 aromatic heterocycles. The molecule has 0 saturated carbocycles. The number of thioether (sulfide) groups is 1. The van der Waals surface area contributed by atoms with E-state index in [1.54, 1.807) is 41.9 Å². The number of phenols is 1. The summed E-state index contributed by atoms with van der Waals surface area (Å²) in [5, 5.41) is 68.8. The third-order valence-electron chi connectivity index (χ3n) is 23.7. The van der Waals surface area contributed by atoms with Gasteiger partial charge in [-0.2, -0.15) is 0 Å². The number of carboxylic acid groups (broad SMARTS) is 1. The third-order valence-corrected chi connectivity index (χ3v) is 25.7. The maximum absolute atomic E-state index is 15.7. The predicted molar refractivity (Wildman–Crippen MR) is 476 cm³/mol. The van der Waals surface area contributed by atoms with Crippen molar-refractivity contribution in [2.45, 2.75) is 207 Å². The number of carbonyl (C=O) groups is 18. The van der Waals surface area contributed by atoms with Gasteiger partial charge in [0.2, 0.25) is 94.5 Å². The number of hydrogen-bond donors (Lipinski definition) is 18. The molecule has 15 atom stereocenters. The minimum Gasteiger partial charge on any atom is -0.508 e. The number of carboxylic acids is 1. The van der Waals surface area contributed by atoms with Crippen molar-refractivity contribution in [3.8, 4) is 5.75 Å². The Morgan fingerprint density at radius 3 is 1.77 bits per heavy atom. The van der Waals surface area contributed by atoms with Crippen LogP contribution in [0.4, 0.5) is 0 Å². The van der Waals surface area contributed by atoms with Crippen LogP contribution in [0.5, 0.6) is 5.75 Å². The first-order valence-electron chi connectivity index (χ1n) is 43.1. The minimum absolute atomic E-state index is 0.00111. The number of aromatic hydroxyl groups is 1. The average molecular weight is 1850 g/mol. The molecule has 3 saturated heterocycles. The number of thiophene rings is 1. The summed E-state index contributed by atoms with van der Waals surface area (Å²) >= 11 is 2.09. The van der Waals surface area contributed by atoms with Gasteiger partial charge in [0.1, 0.15) is 78.3 Å². The van der Waals surface area contributed by atoms with Gasteiger partial charge < -0.3 is 121 Å². The van der Waals surface area contributed by atoms with Gasteiger partial charge in [0.25, 0.3) is 0 Å². The van der Waals surface area contributed by atoms with Crippen LogP contribution in [0.2, 0.25) is 0 Å². The number of carbonyl (C=O) groups excluding carboxylic acids is 17. The number of phenolic OH excluding ortho intramolecular Hbond substituents is 1. The standard InChI is InChI=1S/C87H117N19O22S2/c1-47-75(116)96-60(37-74(114)115)86(127)105-31-17-23-66(105)82(123)99-61(38-88)78(119)95-57(29-30-71(90)111)85(126)106-42-53(109)36-68(106)69(110)35-49(33-50-40-92-56-20-15-13-18-54(50)56)76(117)100-63(43-107)80(121)97-59(34-51-44-130-70-24-16-14-19-55(51)70)84(125)104(4)67-22-12-10-8-6-5-7-9-11-21-65(103(3)87(67)128)81(122)98-62(39-89)79(120)101-64(77(118)93-41-72(91)112)45-129-46-73(113)94-58(83(124)102(47)2)32-48-25-27-52(108)28-26-48/h5-6,13-16,18-20,24-28,40,44,47,49,53,57-68,92,107-109H,7-12,17,21-23,29-39,41-43,45-46,88-89H2,1-4H3,(H2,90,111)(H2,91,112)(H,93,118)(H,94,113)(H,95,119)(H,96,116)(H,97,121)(H,98,122)(H,99,123)(H,100,117)(H,101,120)(H,114,115)/b6-5-/t47-,49+,53+,57-,58-,59-,60-,61-,62-,63-,64-,65-,66-,67-,68-/m0/s1. The third kappa shape index (κ3) is 27.6. The lowest BCUT2D eigenvalue weighted by molar-refractivity contribution is -0.149. The number of nitrogens with two attached hydrogens (primary N) is 4. The van der Waals surface area contributed by atoms with Crippen molar-refractivity contribution in [2.75, 3.05) is 72.0 Å². The van der Waals surface area contributed by atoms with Crippen molar-refractivity contribution in [2.24, 2.45) is 28.9 Å². The van der Waals surface area contributed by atoms with Gasteiger partial charge in [-0.1, -0.05) is 73.5 Å². The van der Waals surface area contributed by atoms with E-state index in [-0.39, 0.29) is 57.2 Å². The van der Waals surface area contributed by atoms with Crippen molar-refractivity contribution < 1.29 is 107 Å². The topological polar surface area (TPSA) is 633 Å². The van der Waals surface area contributed by atoms with Gasteiger partial charge in [-0.05, 0) is 123 Å². The molecular weight excluding hydrogens is 1730 g/mol. The van der Waals surface area contributed by atoms with Crippen LogP contribution in [-0.4, -0.2) is 313 Å². The maximum Gasteiger partial charge on any atom is 0.305 e. The number of primary amides is 2. The SMILES string of the molecule is C[C@H]1C(=O)N[C@@H](CC(=O)O)C(=O)N2CCC[C@H]2C(=O)N[C@@H](CN)C(=O)N[C@@H](CCC(N)=O)C(=O)N2C[C@H](O)C[C@H]2C(=O)C[C@@H](Cc2c[nH]c3ccccc23)C(=O)N[C@@H](CO)C(=O)N[C@@H](Cc2csc3ccccc23)C(=O)N(C)[C@H]2CCCC/C=C\CCCC[C@@H](C(=O)N[C@@H](CN)C(=O)N[C@H](C(=O)NCC(N)=O)CSCC(=O)N[C@@H](Cc3ccc(O)cc3)C(=O)N1C)N(C)C2=O. The second-order valence-corrected chi connectivity index (χ2v) is 34.9. The van der Waals surface area contributed by atoms with Gasteiger partial charge in [-0.3, -0.25) is 86.3 Å². The lowest BCUT2D eigenvalue weighted by atomic mass is 9.90. The molecule has 2 bridgehead atoms. The first-order valence-corrected chi connectivity index (χ1v) is 45.2. The molecule has 0 spiro atoms. The number of benzene rings is 3. The number of nitrogens with one attached hydrogen (secondary N) is 10. The molecular formula is C87H117N19O22S2. The molecule has 5 aromatic rings. The van der Waals surface area contributed by atoms with Gasteiger partial charge in [0.15, 0.2) is 5.78 Å². The number of nitrogens with zero attached hydrogens (tertiary/aromatic N) is 5. The van der Waals surface area contributed by atoms with Crippen LogP contribution in [0.1, 0.15) is 120 Å². The molecule has 9 rings (SSSR count). The number of H-pyrrole nitrogens is 1. The zero-order valence-corrected chi connectivity index (χ0v) is 74.4. The largest absolute Gasteiger partial charge is 0.508 e. The Balaban J connectivity index is 1.08. The van der Waals surface area contributed by atoms with Gasteiger partial charge in [-0.15, -0.1) is 23.1 Å². The molecule has 16 amide bonds. The fraction of sp³-hybridized carbons (Fsp3) is 0.517. The quantitative estimate of drug-likeness (QED) is 0.0406. The molecule has 4 aliphatic rings. The summed E-state index contributed by atoms with van der Waals surface area (Å²) in [5.74, 6) is -20.7. The Bertz CT molecular complexity index is 4990. The van der Waals surface area contributed by atoms with Gasteiger partial charge in [0.05, 0.1) is 37.5 Å². The number of aromatic amines is 1. The molecule has 3 aromatic carbocycles. The molecule has 43 heteroatoms. The first-order chi connectivity index (χ1) is 62.0. The number of aliphatic hydroxyl groups excluding tert-OH is 2. The number of ketones is 1. The second-order valence-electron chi connectivity index (χ2n) is 32.9. The summed E-state index contributed by atoms with van der Waals surface area (Å²) in [5.41, 5.74) is 25.4. The molecule has 4 aliphatic heterocycles. The zero-order chi connectivity index (χ0) is 94.7. The number of aliphatic hydroxyl groups is 2. The number of Topliss-reactive ketones (excluding diaryl/α,β-unsaturated/α-hetero) is 1. The molecule has 41 nitrogen and oxygen atoms in total. The predicted octanol–water partition coefficient (Wildman–Crippen LogP) is -3.29. The molecule has 22 N–H and O–H groups in total. The Kier molecular flexibility index (Phi) is 37.6. The Labute approximate surface area is 757 Å². The summed E-state index contributed by atoms with van der Waals surface area (Å²) < 4.78 is 0.808. The highest BCUT2D eigenvalue weighted by atomic mass is 32.2. The van der Waals surface area contributed by atoms with Crippen molar-refractivity contribution in [3.05, 3.63) is 113 Å². The van der Waals surface area contributed by atoms with Gasteiger partial charge in [0, 0.05) is 113 Å². The number of hydrogen-bond acceptors (Lipinski definition) is 25. The lowest BCUT2D eigenvalue weighted by Gasteiger charge is -2.36. The highest BCUT2D eigenvalue weighted by Crippen LogP contribution is 2.31. The van der Waals surface area contributed by atoms with Gasteiger partial charge >= 0.3 is 5.97 Å². The van der Waals surface area contributed by atoms with Crippen LogP contribution in [0, 0.1) is 5.92 Å². The van der Waals surface area contributed by atoms with E-state index >= 15 is 33.6 Å². The van der Waals surface area contributed by atoms with Gasteiger partial charge in [-0.25, -0.2) is 0 Å². The van der Waals surface area contributed by atoms with Crippen LogP contribution in [0.15, 0.2) is 96.5 Å². The first kappa shape index (κ1) is 101. The number of aliphatic carboxylic acids is 1. The normalized spacial score (nSPS) is 26.5. The average Bonchev–Trinajstić information content (AvgIpc) is 1.70. The van der Waals surface area contributed by atoms with Crippen LogP contribution in [0.3, 0.4) is 0 Å². The Morgan fingerprint density at radius 1 is 0.546 bits per heavy atom. The van der Waals surface area contributed by atoms with E-state index in [9.17, 15) is 73.2 Å². The fourth-order valence-corrected chi connectivity index (χ4v) is 18.1. The van der Waals surface area contributed by atoms with E-state index in [4.69, 9.17) is 22.9 Å². The summed E-state index contributed by atoms with van der Waals surface area (Å²) in [6, 6.07) is -1.27. The number of fused-ring (bicyclic) bond motifs is 7. The highest BCUT2D eigenvalue weighted by molar-refractivity contribution is 8.00. The molecule has 130 heavy (non-hydrogen) atoms. The second kappa shape index (κ2) is 48.3. The van der Waals surface area contributed by atoms with Crippen molar-refractivity contribution in [3.63, 3.8) is 0 Å². The van der Waals surface area contributed by atoms with Crippen LogP contribution in [0.25, 0.3) is 21.0 Å². The molecule has 0 aliphatic carbocycles. The number of rotatable bonds is 17. The van der Waals surface area contributed by atoms with Crippen molar-refractivity contribution in [1.29, 1.82) is 0 Å². The van der Waals surface area contributed by atoms with Crippen molar-refractivity contribution in [1.82, 2.24) is 77.3 Å². The molecule has 3 fully saturated rings. The molecule has 0 radical (unpaired) electrons. The molecule has 0 unspecified atom stereocenters. The Hall–Kier alpha value is -12.4.